The number of aromatic carboxylic acids is 1. The van der Waals surface area contributed by atoms with Gasteiger partial charge in [-0.05, 0) is 32.3 Å². The highest BCUT2D eigenvalue weighted by molar-refractivity contribution is 5.92. The minimum atomic E-state index is -1.31. The van der Waals surface area contributed by atoms with Gasteiger partial charge in [-0.3, -0.25) is 4.79 Å². The predicted molar refractivity (Wildman–Crippen MR) is 90.6 cm³/mol. The Morgan fingerprint density at radius 3 is 2.68 bits per heavy atom. The van der Waals surface area contributed by atoms with Gasteiger partial charge in [0.1, 0.15) is 11.2 Å². The van der Waals surface area contributed by atoms with Crippen LogP contribution < -0.4 is 16.1 Å². The number of rotatable bonds is 3. The van der Waals surface area contributed by atoms with Crippen molar-refractivity contribution in [3.8, 4) is 0 Å². The van der Waals surface area contributed by atoms with Crippen LogP contribution in [0, 0.1) is 5.82 Å². The van der Waals surface area contributed by atoms with Crippen LogP contribution in [0.2, 0.25) is 0 Å². The molecule has 7 nitrogen and oxygen atoms in total. The summed E-state index contributed by atoms with van der Waals surface area (Å²) in [5.41, 5.74) is 5.29. The molecule has 2 atom stereocenters. The number of carboxylic acids is 1. The van der Waals surface area contributed by atoms with Crippen LogP contribution in [0.5, 0.6) is 0 Å². The Hall–Kier alpha value is -2.48. The second kappa shape index (κ2) is 5.52. The molecule has 2 aromatic heterocycles. The van der Waals surface area contributed by atoms with Crippen LogP contribution >= 0.6 is 0 Å². The lowest BCUT2D eigenvalue weighted by Gasteiger charge is -2.25. The smallest absolute Gasteiger partial charge is 0.341 e. The van der Waals surface area contributed by atoms with Crippen molar-refractivity contribution in [3.63, 3.8) is 0 Å². The normalized spacial score (nSPS) is 23.4. The number of anilines is 1. The van der Waals surface area contributed by atoms with E-state index >= 15 is 0 Å². The fourth-order valence-corrected chi connectivity index (χ4v) is 3.49. The average Bonchev–Trinajstić information content (AvgIpc) is 3.35. The van der Waals surface area contributed by atoms with Crippen molar-refractivity contribution in [1.29, 1.82) is 0 Å². The Kier molecular flexibility index (Phi) is 3.54. The largest absolute Gasteiger partial charge is 0.477 e. The molecule has 8 heteroatoms. The molecular weight excluding hydrogens is 327 g/mol. The highest BCUT2D eigenvalue weighted by Crippen LogP contribution is 2.37. The Bertz CT molecular complexity index is 938. The van der Waals surface area contributed by atoms with E-state index in [0.29, 0.717) is 12.2 Å². The number of carboxylic acid groups (broad SMARTS) is 1. The van der Waals surface area contributed by atoms with Crippen LogP contribution in [0.3, 0.4) is 0 Å². The molecule has 4 rings (SSSR count). The van der Waals surface area contributed by atoms with Gasteiger partial charge in [-0.2, -0.15) is 0 Å². The summed E-state index contributed by atoms with van der Waals surface area (Å²) in [7, 11) is 0. The number of nitrogens with zero attached hydrogens (tertiary/aromatic N) is 3. The zero-order chi connectivity index (χ0) is 17.9. The van der Waals surface area contributed by atoms with Gasteiger partial charge in [-0.25, -0.2) is 14.2 Å². The molecule has 2 unspecified atom stereocenters. The summed E-state index contributed by atoms with van der Waals surface area (Å²) in [4.78, 5) is 30.0. The van der Waals surface area contributed by atoms with Crippen LogP contribution in [-0.4, -0.2) is 39.3 Å². The number of aromatic nitrogens is 2. The second-order valence-corrected chi connectivity index (χ2v) is 6.87. The van der Waals surface area contributed by atoms with E-state index in [1.54, 1.807) is 4.57 Å². The molecule has 0 radical (unpaired) electrons. The Balaban J connectivity index is 1.96. The summed E-state index contributed by atoms with van der Waals surface area (Å²) in [6, 6.07) is 1.10. The number of halogens is 1. The Labute approximate surface area is 142 Å². The van der Waals surface area contributed by atoms with Gasteiger partial charge in [0.15, 0.2) is 11.6 Å². The lowest BCUT2D eigenvalue weighted by atomic mass is 10.1. The molecule has 3 heterocycles. The van der Waals surface area contributed by atoms with Gasteiger partial charge in [0.2, 0.25) is 5.43 Å². The molecule has 25 heavy (non-hydrogen) atoms. The van der Waals surface area contributed by atoms with Crippen LogP contribution in [0.4, 0.5) is 10.2 Å². The number of hydrogen-bond acceptors (Lipinski definition) is 5. The van der Waals surface area contributed by atoms with E-state index in [9.17, 15) is 19.1 Å². The van der Waals surface area contributed by atoms with Crippen molar-refractivity contribution < 1.29 is 14.3 Å². The topological polar surface area (TPSA) is 101 Å². The quantitative estimate of drug-likeness (QED) is 0.873. The monoisotopic (exact) mass is 346 g/mol. The third-order valence-corrected chi connectivity index (χ3v) is 5.20. The number of pyridine rings is 2. The number of carbonyl (C=O) groups is 1. The third-order valence-electron chi connectivity index (χ3n) is 5.20. The third kappa shape index (κ3) is 2.48. The number of nitrogens with two attached hydrogens (primary N) is 1. The van der Waals surface area contributed by atoms with Gasteiger partial charge in [0, 0.05) is 30.9 Å². The molecule has 1 saturated carbocycles. The summed E-state index contributed by atoms with van der Waals surface area (Å²) in [5, 5.41) is 9.27. The fourth-order valence-electron chi connectivity index (χ4n) is 3.49. The van der Waals surface area contributed by atoms with Crippen molar-refractivity contribution in [1.82, 2.24) is 9.55 Å². The van der Waals surface area contributed by atoms with Crippen molar-refractivity contribution in [2.24, 2.45) is 5.73 Å². The minimum Gasteiger partial charge on any atom is -0.477 e. The lowest BCUT2D eigenvalue weighted by Crippen LogP contribution is -2.37. The maximum atomic E-state index is 14.7. The van der Waals surface area contributed by atoms with Gasteiger partial charge in [-0.1, -0.05) is 0 Å². The summed E-state index contributed by atoms with van der Waals surface area (Å²) in [6.45, 7) is 2.52. The molecule has 2 aliphatic rings. The number of hydrogen-bond donors (Lipinski definition) is 2. The van der Waals surface area contributed by atoms with E-state index < -0.39 is 17.2 Å². The molecule has 1 aliphatic carbocycles. The van der Waals surface area contributed by atoms with Crippen LogP contribution in [0.15, 0.2) is 17.1 Å². The van der Waals surface area contributed by atoms with Crippen molar-refractivity contribution in [2.75, 3.05) is 11.4 Å². The van der Waals surface area contributed by atoms with Crippen LogP contribution in [0.1, 0.15) is 42.6 Å². The average molecular weight is 346 g/mol. The molecule has 0 bridgehead atoms. The van der Waals surface area contributed by atoms with E-state index in [2.05, 4.69) is 4.98 Å². The highest BCUT2D eigenvalue weighted by Gasteiger charge is 2.33. The first-order valence-corrected chi connectivity index (χ1v) is 8.39. The van der Waals surface area contributed by atoms with Crippen LogP contribution in [0.25, 0.3) is 11.0 Å². The summed E-state index contributed by atoms with van der Waals surface area (Å²) in [6.07, 6.45) is 3.85. The maximum absolute atomic E-state index is 14.7. The molecule has 132 valence electrons. The lowest BCUT2D eigenvalue weighted by molar-refractivity contribution is 0.0695. The summed E-state index contributed by atoms with van der Waals surface area (Å²) >= 11 is 0. The second-order valence-electron chi connectivity index (χ2n) is 6.87. The van der Waals surface area contributed by atoms with Gasteiger partial charge in [-0.15, -0.1) is 0 Å². The molecule has 0 spiro atoms. The summed E-state index contributed by atoms with van der Waals surface area (Å²) in [5.74, 6) is -1.77. The van der Waals surface area contributed by atoms with Crippen molar-refractivity contribution in [2.45, 2.75) is 44.3 Å². The van der Waals surface area contributed by atoms with Gasteiger partial charge < -0.3 is 20.3 Å². The zero-order valence-electron chi connectivity index (χ0n) is 13.8. The molecule has 3 N–H and O–H groups in total. The Morgan fingerprint density at radius 1 is 1.40 bits per heavy atom. The van der Waals surface area contributed by atoms with Crippen molar-refractivity contribution in [3.05, 3.63) is 33.9 Å². The first kappa shape index (κ1) is 16.0. The van der Waals surface area contributed by atoms with Gasteiger partial charge in [0.05, 0.1) is 5.39 Å². The van der Waals surface area contributed by atoms with E-state index in [4.69, 9.17) is 5.73 Å². The number of fused-ring (bicyclic) bond motifs is 1. The first-order chi connectivity index (χ1) is 11.9. The van der Waals surface area contributed by atoms with Crippen molar-refractivity contribution >= 4 is 22.8 Å². The molecule has 1 aliphatic heterocycles. The summed E-state index contributed by atoms with van der Waals surface area (Å²) < 4.78 is 16.4. The standard InChI is InChI=1S/C17H19FN4O3/c1-8-13(19)4-5-21(8)16-12(18)6-10-14(23)11(17(24)25)7-22(9-2-3-9)15(10)20-16/h6-9,13H,2-5,19H2,1H3,(H,24,25). The Morgan fingerprint density at radius 2 is 2.12 bits per heavy atom. The van der Waals surface area contributed by atoms with E-state index in [1.807, 2.05) is 11.8 Å². The molecule has 1 saturated heterocycles. The highest BCUT2D eigenvalue weighted by atomic mass is 19.1. The zero-order valence-corrected chi connectivity index (χ0v) is 13.8. The van der Waals surface area contributed by atoms with E-state index in [0.717, 1.165) is 25.3 Å². The van der Waals surface area contributed by atoms with Crippen LogP contribution in [-0.2, 0) is 0 Å². The van der Waals surface area contributed by atoms with Gasteiger partial charge >= 0.3 is 5.97 Å². The van der Waals surface area contributed by atoms with Gasteiger partial charge in [0.25, 0.3) is 0 Å². The minimum absolute atomic E-state index is 0.00389. The maximum Gasteiger partial charge on any atom is 0.341 e. The molecular formula is C17H19FN4O3. The molecule has 0 aromatic carbocycles. The SMILES string of the molecule is CC1C(N)CCN1c1nc2c(cc1F)c(=O)c(C(=O)O)cn2C1CC1. The molecule has 2 fully saturated rings. The fraction of sp³-hybridized carbons (Fsp3) is 0.471. The first-order valence-electron chi connectivity index (χ1n) is 8.39. The molecule has 2 aromatic rings. The molecule has 0 amide bonds. The predicted octanol–water partition coefficient (Wildman–Crippen LogP) is 1.49. The van der Waals surface area contributed by atoms with E-state index in [1.165, 1.54) is 6.20 Å². The van der Waals surface area contributed by atoms with E-state index in [-0.39, 0.29) is 34.9 Å².